The lowest BCUT2D eigenvalue weighted by Gasteiger charge is -2.05. The van der Waals surface area contributed by atoms with Crippen LogP contribution in [0.25, 0.3) is 0 Å². The SMILES string of the molecule is C.CCCNC(=O)c1ccc(NN=C(C)C)cc1. The van der Waals surface area contributed by atoms with Crippen LogP contribution in [0.5, 0.6) is 0 Å². The van der Waals surface area contributed by atoms with Gasteiger partial charge in [-0.15, -0.1) is 0 Å². The molecule has 0 unspecified atom stereocenters. The number of hydrogen-bond donors (Lipinski definition) is 2. The number of benzene rings is 1. The molecule has 0 atom stereocenters. The first-order valence-electron chi connectivity index (χ1n) is 5.78. The number of carbonyl (C=O) groups is 1. The molecule has 4 heteroatoms. The molecule has 100 valence electrons. The van der Waals surface area contributed by atoms with Crippen molar-refractivity contribution in [3.8, 4) is 0 Å². The van der Waals surface area contributed by atoms with Gasteiger partial charge < -0.3 is 5.32 Å². The monoisotopic (exact) mass is 249 g/mol. The Morgan fingerprint density at radius 2 is 1.83 bits per heavy atom. The molecule has 0 saturated heterocycles. The molecule has 18 heavy (non-hydrogen) atoms. The molecule has 0 heterocycles. The number of hydrogen-bond acceptors (Lipinski definition) is 3. The molecule has 0 aliphatic carbocycles. The van der Waals surface area contributed by atoms with Gasteiger partial charge in [0.15, 0.2) is 0 Å². The molecule has 1 amide bonds. The van der Waals surface area contributed by atoms with E-state index >= 15 is 0 Å². The van der Waals surface area contributed by atoms with Crippen molar-refractivity contribution < 1.29 is 4.79 Å². The van der Waals surface area contributed by atoms with Crippen LogP contribution in [-0.4, -0.2) is 18.2 Å². The van der Waals surface area contributed by atoms with Crippen molar-refractivity contribution in [3.05, 3.63) is 29.8 Å². The van der Waals surface area contributed by atoms with E-state index in [0.29, 0.717) is 12.1 Å². The number of rotatable bonds is 5. The number of nitrogens with one attached hydrogen (secondary N) is 2. The van der Waals surface area contributed by atoms with Crippen molar-refractivity contribution >= 4 is 17.3 Å². The van der Waals surface area contributed by atoms with E-state index < -0.39 is 0 Å². The van der Waals surface area contributed by atoms with E-state index in [1.165, 1.54) is 0 Å². The highest BCUT2D eigenvalue weighted by Crippen LogP contribution is 2.09. The van der Waals surface area contributed by atoms with Gasteiger partial charge in [0.05, 0.1) is 5.69 Å². The van der Waals surface area contributed by atoms with Crippen molar-refractivity contribution in [3.63, 3.8) is 0 Å². The molecule has 1 aromatic rings. The predicted molar refractivity (Wildman–Crippen MR) is 78.2 cm³/mol. The van der Waals surface area contributed by atoms with Crippen molar-refractivity contribution in [2.24, 2.45) is 5.10 Å². The Balaban J connectivity index is 0.00000289. The molecule has 1 rings (SSSR count). The fraction of sp³-hybridized carbons (Fsp3) is 0.429. The second-order valence-electron chi connectivity index (χ2n) is 4.00. The Labute approximate surface area is 109 Å². The lowest BCUT2D eigenvalue weighted by Crippen LogP contribution is -2.23. The van der Waals surface area contributed by atoms with Crippen LogP contribution < -0.4 is 10.7 Å². The van der Waals surface area contributed by atoms with E-state index in [1.54, 1.807) is 12.1 Å². The van der Waals surface area contributed by atoms with Crippen LogP contribution in [0.3, 0.4) is 0 Å². The standard InChI is InChI=1S/C13H19N3O.CH4/c1-4-9-14-13(17)11-5-7-12(8-6-11)16-15-10(2)3;/h5-8,16H,4,9H2,1-3H3,(H,14,17);1H4. The van der Waals surface area contributed by atoms with E-state index in [0.717, 1.165) is 17.8 Å². The predicted octanol–water partition coefficient (Wildman–Crippen LogP) is 3.27. The maximum Gasteiger partial charge on any atom is 0.251 e. The molecule has 0 saturated carbocycles. The van der Waals surface area contributed by atoms with E-state index in [4.69, 9.17) is 0 Å². The zero-order chi connectivity index (χ0) is 12.7. The van der Waals surface area contributed by atoms with Gasteiger partial charge in [-0.05, 0) is 44.5 Å². The minimum atomic E-state index is -0.0337. The molecular formula is C14H23N3O. The topological polar surface area (TPSA) is 53.5 Å². The van der Waals surface area contributed by atoms with Crippen LogP contribution >= 0.6 is 0 Å². The highest BCUT2D eigenvalue weighted by Gasteiger charge is 2.03. The zero-order valence-electron chi connectivity index (χ0n) is 10.6. The summed E-state index contributed by atoms with van der Waals surface area (Å²) in [6.45, 7) is 6.57. The Bertz CT molecular complexity index is 392. The van der Waals surface area contributed by atoms with Gasteiger partial charge in [-0.3, -0.25) is 10.2 Å². The Hall–Kier alpha value is -1.84. The Kier molecular flexibility index (Phi) is 7.43. The summed E-state index contributed by atoms with van der Waals surface area (Å²) in [4.78, 5) is 11.6. The average Bonchev–Trinajstić information content (AvgIpc) is 2.34. The molecule has 0 aliphatic rings. The third-order valence-electron chi connectivity index (χ3n) is 2.09. The smallest absolute Gasteiger partial charge is 0.251 e. The molecule has 0 spiro atoms. The van der Waals surface area contributed by atoms with Gasteiger partial charge in [0.25, 0.3) is 5.91 Å². The maximum atomic E-state index is 11.6. The van der Waals surface area contributed by atoms with Crippen molar-refractivity contribution in [2.45, 2.75) is 34.6 Å². The van der Waals surface area contributed by atoms with E-state index in [2.05, 4.69) is 15.8 Å². The normalized spacial score (nSPS) is 9.06. The van der Waals surface area contributed by atoms with Crippen LogP contribution in [0, 0.1) is 0 Å². The van der Waals surface area contributed by atoms with Gasteiger partial charge in [-0.2, -0.15) is 5.10 Å². The van der Waals surface area contributed by atoms with Gasteiger partial charge in [-0.1, -0.05) is 14.4 Å². The lowest BCUT2D eigenvalue weighted by atomic mass is 10.2. The average molecular weight is 249 g/mol. The summed E-state index contributed by atoms with van der Waals surface area (Å²) < 4.78 is 0. The molecule has 4 nitrogen and oxygen atoms in total. The second-order valence-corrected chi connectivity index (χ2v) is 4.00. The van der Waals surface area contributed by atoms with Crippen LogP contribution in [0.1, 0.15) is 45.0 Å². The highest BCUT2D eigenvalue weighted by molar-refractivity contribution is 5.94. The molecule has 0 fully saturated rings. The molecule has 0 aliphatic heterocycles. The third kappa shape index (κ3) is 5.48. The summed E-state index contributed by atoms with van der Waals surface area (Å²) in [5.74, 6) is -0.0337. The number of nitrogens with zero attached hydrogens (tertiary/aromatic N) is 1. The van der Waals surface area contributed by atoms with Crippen LogP contribution in [-0.2, 0) is 0 Å². The van der Waals surface area contributed by atoms with E-state index in [-0.39, 0.29) is 13.3 Å². The van der Waals surface area contributed by atoms with Crippen LogP contribution in [0.2, 0.25) is 0 Å². The van der Waals surface area contributed by atoms with Gasteiger partial charge in [-0.25, -0.2) is 0 Å². The number of carbonyl (C=O) groups excluding carboxylic acids is 1. The lowest BCUT2D eigenvalue weighted by molar-refractivity contribution is 0.0953. The molecule has 2 N–H and O–H groups in total. The van der Waals surface area contributed by atoms with Crippen molar-refractivity contribution in [1.82, 2.24) is 5.32 Å². The van der Waals surface area contributed by atoms with Gasteiger partial charge in [0.1, 0.15) is 0 Å². The summed E-state index contributed by atoms with van der Waals surface area (Å²) in [5.41, 5.74) is 5.40. The van der Waals surface area contributed by atoms with Crippen LogP contribution in [0.4, 0.5) is 5.69 Å². The first kappa shape index (κ1) is 16.2. The summed E-state index contributed by atoms with van der Waals surface area (Å²) in [5, 5.41) is 6.92. The largest absolute Gasteiger partial charge is 0.352 e. The molecule has 0 radical (unpaired) electrons. The fourth-order valence-corrected chi connectivity index (χ4v) is 1.21. The zero-order valence-corrected chi connectivity index (χ0v) is 10.6. The first-order chi connectivity index (χ1) is 8.13. The van der Waals surface area contributed by atoms with E-state index in [9.17, 15) is 4.79 Å². The summed E-state index contributed by atoms with van der Waals surface area (Å²) in [7, 11) is 0. The quantitative estimate of drug-likeness (QED) is 0.621. The fourth-order valence-electron chi connectivity index (χ4n) is 1.21. The number of hydrazone groups is 1. The number of amides is 1. The summed E-state index contributed by atoms with van der Waals surface area (Å²) in [6.07, 6.45) is 0.940. The Morgan fingerprint density at radius 3 is 2.33 bits per heavy atom. The second kappa shape index (κ2) is 8.28. The first-order valence-corrected chi connectivity index (χ1v) is 5.78. The molecule has 0 aromatic heterocycles. The maximum absolute atomic E-state index is 11.6. The van der Waals surface area contributed by atoms with Gasteiger partial charge in [0.2, 0.25) is 0 Å². The van der Waals surface area contributed by atoms with Crippen molar-refractivity contribution in [2.75, 3.05) is 12.0 Å². The number of anilines is 1. The minimum Gasteiger partial charge on any atom is -0.352 e. The summed E-state index contributed by atoms with van der Waals surface area (Å²) >= 11 is 0. The van der Waals surface area contributed by atoms with Crippen LogP contribution in [0.15, 0.2) is 29.4 Å². The summed E-state index contributed by atoms with van der Waals surface area (Å²) in [6, 6.07) is 7.25. The minimum absolute atomic E-state index is 0. The van der Waals surface area contributed by atoms with Gasteiger partial charge in [0, 0.05) is 17.8 Å². The van der Waals surface area contributed by atoms with E-state index in [1.807, 2.05) is 32.9 Å². The molecule has 0 bridgehead atoms. The van der Waals surface area contributed by atoms with Crippen molar-refractivity contribution in [1.29, 1.82) is 0 Å². The highest BCUT2D eigenvalue weighted by atomic mass is 16.1. The Morgan fingerprint density at radius 1 is 1.22 bits per heavy atom. The molecule has 1 aromatic carbocycles. The molecular weight excluding hydrogens is 226 g/mol. The van der Waals surface area contributed by atoms with Gasteiger partial charge >= 0.3 is 0 Å². The third-order valence-corrected chi connectivity index (χ3v) is 2.09.